The maximum absolute atomic E-state index is 11.3. The summed E-state index contributed by atoms with van der Waals surface area (Å²) in [4.78, 5) is 18.5. The number of para-hydroxylation sites is 1. The van der Waals surface area contributed by atoms with Crippen LogP contribution in [0, 0.1) is 5.41 Å². The Bertz CT molecular complexity index is 635. The van der Waals surface area contributed by atoms with Crippen LogP contribution in [0.4, 0.5) is 0 Å². The molecule has 2 N–H and O–H groups in total. The van der Waals surface area contributed by atoms with E-state index in [0.29, 0.717) is 6.54 Å². The van der Waals surface area contributed by atoms with Crippen molar-refractivity contribution in [2.45, 2.75) is 40.2 Å². The quantitative estimate of drug-likeness (QED) is 0.823. The van der Waals surface area contributed by atoms with Crippen molar-refractivity contribution in [3.05, 3.63) is 36.8 Å². The average molecular weight is 315 g/mol. The molecule has 0 spiro atoms. The maximum Gasteiger partial charge on any atom is 0.217 e. The Morgan fingerprint density at radius 1 is 1.39 bits per heavy atom. The number of carbonyl (C=O) groups excluding carboxylic acids is 1. The van der Waals surface area contributed by atoms with Gasteiger partial charge in [0.15, 0.2) is 0 Å². The minimum absolute atomic E-state index is 0.0487. The number of nitrogens with one attached hydrogen (secondary N) is 2. The summed E-state index contributed by atoms with van der Waals surface area (Å²) in [5.74, 6) is 0.737. The summed E-state index contributed by atoms with van der Waals surface area (Å²) in [6.07, 6.45) is 4.25. The molecule has 0 aliphatic rings. The molecular formula is C18H25N3O2. The van der Waals surface area contributed by atoms with Crippen LogP contribution in [0.1, 0.15) is 34.1 Å². The van der Waals surface area contributed by atoms with Crippen LogP contribution in [-0.4, -0.2) is 28.5 Å². The molecule has 23 heavy (non-hydrogen) atoms. The van der Waals surface area contributed by atoms with Gasteiger partial charge < -0.3 is 15.0 Å². The van der Waals surface area contributed by atoms with E-state index in [0.717, 1.165) is 23.4 Å². The zero-order valence-electron chi connectivity index (χ0n) is 14.2. The Kier molecular flexibility index (Phi) is 5.42. The van der Waals surface area contributed by atoms with E-state index in [1.165, 1.54) is 6.92 Å². The van der Waals surface area contributed by atoms with Crippen molar-refractivity contribution in [3.8, 4) is 17.0 Å². The predicted molar refractivity (Wildman–Crippen MR) is 91.2 cm³/mol. The molecule has 0 fully saturated rings. The van der Waals surface area contributed by atoms with Crippen molar-refractivity contribution >= 4 is 5.91 Å². The first-order valence-corrected chi connectivity index (χ1v) is 7.93. The SMILES string of the molecule is CCC(C)(C)C(CNC(C)=O)Oc1ccccc1-c1cnc[nH]1. The van der Waals surface area contributed by atoms with Gasteiger partial charge in [0.05, 0.1) is 24.8 Å². The first-order chi connectivity index (χ1) is 10.9. The first-order valence-electron chi connectivity index (χ1n) is 7.93. The van der Waals surface area contributed by atoms with Crippen LogP contribution in [0.15, 0.2) is 36.8 Å². The van der Waals surface area contributed by atoms with Crippen LogP contribution >= 0.6 is 0 Å². The smallest absolute Gasteiger partial charge is 0.217 e. The van der Waals surface area contributed by atoms with Crippen molar-refractivity contribution in [1.82, 2.24) is 15.3 Å². The van der Waals surface area contributed by atoms with Gasteiger partial charge in [-0.2, -0.15) is 0 Å². The number of carbonyl (C=O) groups is 1. The summed E-state index contributed by atoms with van der Waals surface area (Å²) < 4.78 is 6.31. The van der Waals surface area contributed by atoms with Crippen LogP contribution in [-0.2, 0) is 4.79 Å². The highest BCUT2D eigenvalue weighted by molar-refractivity contribution is 5.72. The topological polar surface area (TPSA) is 67.0 Å². The molecule has 2 aromatic rings. The molecule has 0 aliphatic carbocycles. The number of imidazole rings is 1. The van der Waals surface area contributed by atoms with Gasteiger partial charge in [-0.15, -0.1) is 0 Å². The van der Waals surface area contributed by atoms with Crippen molar-refractivity contribution in [1.29, 1.82) is 0 Å². The second kappa shape index (κ2) is 7.31. The van der Waals surface area contributed by atoms with Crippen LogP contribution in [0.5, 0.6) is 5.75 Å². The van der Waals surface area contributed by atoms with E-state index in [2.05, 4.69) is 36.1 Å². The summed E-state index contributed by atoms with van der Waals surface area (Å²) in [5.41, 5.74) is 1.81. The molecule has 0 bridgehead atoms. The lowest BCUT2D eigenvalue weighted by Crippen LogP contribution is -2.43. The van der Waals surface area contributed by atoms with Crippen LogP contribution < -0.4 is 10.1 Å². The molecule has 5 heteroatoms. The summed E-state index contributed by atoms with van der Waals surface area (Å²) in [7, 11) is 0. The Balaban J connectivity index is 2.27. The van der Waals surface area contributed by atoms with Gasteiger partial charge in [-0.25, -0.2) is 4.98 Å². The molecule has 0 saturated carbocycles. The Hall–Kier alpha value is -2.30. The number of H-pyrrole nitrogens is 1. The fourth-order valence-electron chi connectivity index (χ4n) is 2.29. The average Bonchev–Trinajstić information content (AvgIpc) is 3.05. The number of aromatic amines is 1. The number of aromatic nitrogens is 2. The molecular weight excluding hydrogens is 290 g/mol. The van der Waals surface area contributed by atoms with Gasteiger partial charge in [-0.1, -0.05) is 32.9 Å². The standard InChI is InChI=1S/C18H25N3O2/c1-5-18(3,4)17(11-20-13(2)22)23-16-9-7-6-8-14(16)15-10-19-12-21-15/h6-10,12,17H,5,11H2,1-4H3,(H,19,21)(H,20,22). The molecule has 1 heterocycles. The van der Waals surface area contributed by atoms with Crippen molar-refractivity contribution in [2.24, 2.45) is 5.41 Å². The van der Waals surface area contributed by atoms with Gasteiger partial charge in [-0.3, -0.25) is 4.79 Å². The zero-order chi connectivity index (χ0) is 16.9. The van der Waals surface area contributed by atoms with E-state index in [9.17, 15) is 4.79 Å². The lowest BCUT2D eigenvalue weighted by molar-refractivity contribution is -0.119. The molecule has 1 aromatic carbocycles. The summed E-state index contributed by atoms with van der Waals surface area (Å²) >= 11 is 0. The molecule has 5 nitrogen and oxygen atoms in total. The number of nitrogens with zero attached hydrogens (tertiary/aromatic N) is 1. The zero-order valence-corrected chi connectivity index (χ0v) is 14.2. The summed E-state index contributed by atoms with van der Waals surface area (Å²) in [5, 5.41) is 2.88. The van der Waals surface area contributed by atoms with Crippen molar-refractivity contribution in [3.63, 3.8) is 0 Å². The van der Waals surface area contributed by atoms with Crippen LogP contribution in [0.3, 0.4) is 0 Å². The van der Waals surface area contributed by atoms with E-state index < -0.39 is 0 Å². The fourth-order valence-corrected chi connectivity index (χ4v) is 2.29. The first kappa shape index (κ1) is 17.1. The largest absolute Gasteiger partial charge is 0.487 e. The van der Waals surface area contributed by atoms with Gasteiger partial charge in [-0.05, 0) is 18.6 Å². The van der Waals surface area contributed by atoms with E-state index >= 15 is 0 Å². The molecule has 2 rings (SSSR count). The Morgan fingerprint density at radius 2 is 2.13 bits per heavy atom. The van der Waals surface area contributed by atoms with Gasteiger partial charge in [0.1, 0.15) is 11.9 Å². The summed E-state index contributed by atoms with van der Waals surface area (Å²) in [6.45, 7) is 8.43. The molecule has 0 radical (unpaired) electrons. The summed E-state index contributed by atoms with van der Waals surface area (Å²) in [6, 6.07) is 7.86. The minimum atomic E-state index is -0.125. The van der Waals surface area contributed by atoms with Gasteiger partial charge in [0, 0.05) is 17.9 Å². The van der Waals surface area contributed by atoms with Crippen molar-refractivity contribution in [2.75, 3.05) is 6.54 Å². The van der Waals surface area contributed by atoms with Gasteiger partial charge in [0.2, 0.25) is 5.91 Å². The van der Waals surface area contributed by atoms with Gasteiger partial charge in [0.25, 0.3) is 0 Å². The Labute approximate surface area is 137 Å². The molecule has 124 valence electrons. The number of benzene rings is 1. The minimum Gasteiger partial charge on any atom is -0.487 e. The monoisotopic (exact) mass is 315 g/mol. The third-order valence-corrected chi connectivity index (χ3v) is 4.26. The highest BCUT2D eigenvalue weighted by atomic mass is 16.5. The van der Waals surface area contributed by atoms with E-state index in [-0.39, 0.29) is 17.4 Å². The van der Waals surface area contributed by atoms with Gasteiger partial charge >= 0.3 is 0 Å². The van der Waals surface area contributed by atoms with Crippen LogP contribution in [0.25, 0.3) is 11.3 Å². The van der Waals surface area contributed by atoms with E-state index in [1.54, 1.807) is 12.5 Å². The molecule has 1 atom stereocenters. The Morgan fingerprint density at radius 3 is 2.74 bits per heavy atom. The predicted octanol–water partition coefficient (Wildman–Crippen LogP) is 3.40. The number of hydrogen-bond acceptors (Lipinski definition) is 3. The number of hydrogen-bond donors (Lipinski definition) is 2. The fraction of sp³-hybridized carbons (Fsp3) is 0.444. The highest BCUT2D eigenvalue weighted by Gasteiger charge is 2.30. The molecule has 0 aliphatic heterocycles. The molecule has 0 saturated heterocycles. The lowest BCUT2D eigenvalue weighted by atomic mass is 9.83. The number of amides is 1. The normalized spacial score (nSPS) is 12.7. The third-order valence-electron chi connectivity index (χ3n) is 4.26. The third kappa shape index (κ3) is 4.34. The molecule has 1 amide bonds. The second-order valence-corrected chi connectivity index (χ2v) is 6.35. The maximum atomic E-state index is 11.3. The van der Waals surface area contributed by atoms with Crippen molar-refractivity contribution < 1.29 is 9.53 Å². The van der Waals surface area contributed by atoms with Crippen LogP contribution in [0.2, 0.25) is 0 Å². The van der Waals surface area contributed by atoms with E-state index in [1.807, 2.05) is 24.3 Å². The molecule has 1 unspecified atom stereocenters. The molecule has 1 aromatic heterocycles. The lowest BCUT2D eigenvalue weighted by Gasteiger charge is -2.34. The number of ether oxygens (including phenoxy) is 1. The second-order valence-electron chi connectivity index (χ2n) is 6.35. The number of rotatable bonds is 7. The van der Waals surface area contributed by atoms with E-state index in [4.69, 9.17) is 4.74 Å². The highest BCUT2D eigenvalue weighted by Crippen LogP contribution is 2.33.